The van der Waals surface area contributed by atoms with Crippen LogP contribution in [0.5, 0.6) is 0 Å². The van der Waals surface area contributed by atoms with Gasteiger partial charge >= 0.3 is 17.9 Å². The Morgan fingerprint density at radius 1 is 0.260 bits per heavy atom. The molecule has 77 heavy (non-hydrogen) atoms. The monoisotopic (exact) mass is 1050 g/mol. The average molecular weight is 1060 g/mol. The second-order valence-electron chi connectivity index (χ2n) is 18.8. The molecule has 0 aliphatic heterocycles. The Morgan fingerprint density at radius 3 is 0.818 bits per heavy atom. The summed E-state index contributed by atoms with van der Waals surface area (Å²) in [6.07, 6.45) is 95.8. The van der Waals surface area contributed by atoms with E-state index < -0.39 is 6.10 Å². The van der Waals surface area contributed by atoms with Gasteiger partial charge in [-0.25, -0.2) is 0 Å². The minimum absolute atomic E-state index is 0.137. The topological polar surface area (TPSA) is 78.9 Å². The van der Waals surface area contributed by atoms with Crippen molar-refractivity contribution in [3.63, 3.8) is 0 Å². The van der Waals surface area contributed by atoms with Crippen molar-refractivity contribution in [2.45, 2.75) is 219 Å². The molecule has 1 unspecified atom stereocenters. The molecule has 0 fully saturated rings. The lowest BCUT2D eigenvalue weighted by molar-refractivity contribution is -0.166. The summed E-state index contributed by atoms with van der Waals surface area (Å²) in [6, 6.07) is 0. The zero-order valence-corrected chi connectivity index (χ0v) is 48.6. The molecule has 0 saturated carbocycles. The summed E-state index contributed by atoms with van der Waals surface area (Å²) in [5.74, 6) is -1.08. The van der Waals surface area contributed by atoms with Crippen molar-refractivity contribution in [2.24, 2.45) is 0 Å². The number of esters is 3. The fourth-order valence-corrected chi connectivity index (χ4v) is 7.23. The van der Waals surface area contributed by atoms with Crippen molar-refractivity contribution in [3.8, 4) is 0 Å². The van der Waals surface area contributed by atoms with Crippen LogP contribution in [0.1, 0.15) is 213 Å². The summed E-state index contributed by atoms with van der Waals surface area (Å²) in [5, 5.41) is 0. The van der Waals surface area contributed by atoms with Gasteiger partial charge in [0.15, 0.2) is 6.10 Å². The highest BCUT2D eigenvalue weighted by Crippen LogP contribution is 2.12. The third-order valence-electron chi connectivity index (χ3n) is 11.6. The molecular weight excluding hydrogens is 949 g/mol. The van der Waals surface area contributed by atoms with Gasteiger partial charge in [-0.2, -0.15) is 0 Å². The average Bonchev–Trinajstić information content (AvgIpc) is 3.43. The van der Waals surface area contributed by atoms with Gasteiger partial charge in [0, 0.05) is 19.3 Å². The summed E-state index contributed by atoms with van der Waals surface area (Å²) in [6.45, 7) is 6.16. The van der Waals surface area contributed by atoms with Crippen molar-refractivity contribution >= 4 is 17.9 Å². The van der Waals surface area contributed by atoms with Crippen LogP contribution in [-0.4, -0.2) is 37.2 Å². The Labute approximate surface area is 471 Å². The van der Waals surface area contributed by atoms with Crippen LogP contribution < -0.4 is 0 Å². The Hall–Kier alpha value is -5.75. The highest BCUT2D eigenvalue weighted by molar-refractivity contribution is 5.71. The first-order valence-electron chi connectivity index (χ1n) is 29.9. The molecule has 0 aromatic heterocycles. The molecule has 6 nitrogen and oxygen atoms in total. The molecule has 0 aliphatic rings. The molecule has 0 N–H and O–H groups in total. The van der Waals surface area contributed by atoms with Crippen molar-refractivity contribution < 1.29 is 28.6 Å². The number of allylic oxidation sites excluding steroid dienone is 32. The van der Waals surface area contributed by atoms with E-state index in [1.807, 2.05) is 12.2 Å². The maximum atomic E-state index is 12.9. The lowest BCUT2D eigenvalue weighted by atomic mass is 10.1. The van der Waals surface area contributed by atoms with E-state index in [4.69, 9.17) is 14.2 Å². The first kappa shape index (κ1) is 71.2. The van der Waals surface area contributed by atoms with E-state index in [0.29, 0.717) is 12.8 Å². The minimum atomic E-state index is -0.845. The Morgan fingerprint density at radius 2 is 0.494 bits per heavy atom. The molecule has 0 aliphatic carbocycles. The molecule has 0 heterocycles. The van der Waals surface area contributed by atoms with Crippen LogP contribution in [0.2, 0.25) is 0 Å². The van der Waals surface area contributed by atoms with Crippen molar-refractivity contribution in [3.05, 3.63) is 194 Å². The third-order valence-corrected chi connectivity index (χ3v) is 11.6. The predicted molar refractivity (Wildman–Crippen MR) is 334 cm³/mol. The molecule has 0 spiro atoms. The molecule has 6 heteroatoms. The van der Waals surface area contributed by atoms with E-state index in [1.54, 1.807) is 0 Å². The number of carbonyl (C=O) groups excluding carboxylic acids is 3. The van der Waals surface area contributed by atoms with E-state index in [2.05, 4.69) is 203 Å². The molecule has 426 valence electrons. The predicted octanol–water partition coefficient (Wildman–Crippen LogP) is 20.6. The number of hydrogen-bond acceptors (Lipinski definition) is 6. The van der Waals surface area contributed by atoms with Gasteiger partial charge < -0.3 is 14.2 Å². The number of rotatable bonds is 51. The number of hydrogen-bond donors (Lipinski definition) is 0. The smallest absolute Gasteiger partial charge is 0.306 e. The number of ether oxygens (including phenoxy) is 3. The standard InChI is InChI=1S/C71H106O6/c1-4-7-10-13-16-19-22-25-27-29-31-33-34-35-36-38-39-41-43-46-49-52-55-58-61-64-70(73)76-67-68(66-75-69(72)63-60-57-54-51-48-45-24-21-18-15-12-9-6-3)77-71(74)65-62-59-56-53-50-47-44-42-40-37-32-30-28-26-23-20-17-14-11-8-5-2/h7-12,16-21,25-28,31-33,35-37,39,41-42,44-46,48-49,54,57,68H,4-6,13-15,22-24,29-30,34,38,40,43,47,50-53,55-56,58-67H2,1-3H3/b10-7-,11-8-,12-9-,19-16-,20-17-,21-18-,27-25-,28-26-,33-31-,36-35-,37-32-,41-39-,44-42-,48-45-,49-46-,57-54-. The van der Waals surface area contributed by atoms with Crippen molar-refractivity contribution in [1.82, 2.24) is 0 Å². The molecule has 0 saturated heterocycles. The quantitative estimate of drug-likeness (QED) is 0.0261. The van der Waals surface area contributed by atoms with Crippen LogP contribution in [0.4, 0.5) is 0 Å². The Balaban J connectivity index is 4.56. The van der Waals surface area contributed by atoms with Gasteiger partial charge in [-0.15, -0.1) is 0 Å². The fraction of sp³-hybridized carbons (Fsp3) is 0.507. The first-order chi connectivity index (χ1) is 38.0. The van der Waals surface area contributed by atoms with Crippen LogP contribution in [0.3, 0.4) is 0 Å². The Kier molecular flexibility index (Phi) is 58.1. The summed E-state index contributed by atoms with van der Waals surface area (Å²) in [4.78, 5) is 38.2. The zero-order valence-electron chi connectivity index (χ0n) is 48.6. The van der Waals surface area contributed by atoms with E-state index in [9.17, 15) is 14.4 Å². The molecule has 1 atom stereocenters. The first-order valence-corrected chi connectivity index (χ1v) is 29.9. The summed E-state index contributed by atoms with van der Waals surface area (Å²) < 4.78 is 16.8. The normalized spacial score (nSPS) is 13.5. The third kappa shape index (κ3) is 61.0. The van der Waals surface area contributed by atoms with Crippen LogP contribution in [0, 0.1) is 0 Å². The molecular formula is C71H106O6. The van der Waals surface area contributed by atoms with Gasteiger partial charge in [-0.05, 0) is 148 Å². The van der Waals surface area contributed by atoms with E-state index >= 15 is 0 Å². The van der Waals surface area contributed by atoms with Gasteiger partial charge in [-0.1, -0.05) is 241 Å². The SMILES string of the molecule is CC/C=C\C/C=C\C/C=C\C/C=C\C/C=C\C/C=C\C/C=C\CCCCCC(=O)OCC(COC(=O)CC/C=C\C/C=C\C/C=C\C/C=C\CC)OC(=O)CCCCCCC/C=C\C/C=C\C/C=C\C/C=C\C/C=C\CC. The van der Waals surface area contributed by atoms with Gasteiger partial charge in [-0.3, -0.25) is 14.4 Å². The van der Waals surface area contributed by atoms with Crippen molar-refractivity contribution in [2.75, 3.05) is 13.2 Å². The highest BCUT2D eigenvalue weighted by atomic mass is 16.6. The molecule has 0 radical (unpaired) electrons. The minimum Gasteiger partial charge on any atom is -0.462 e. The van der Waals surface area contributed by atoms with Gasteiger partial charge in [0.1, 0.15) is 13.2 Å². The molecule has 0 amide bonds. The molecule has 0 bridgehead atoms. The van der Waals surface area contributed by atoms with Crippen LogP contribution >= 0.6 is 0 Å². The van der Waals surface area contributed by atoms with Crippen LogP contribution in [0.15, 0.2) is 194 Å². The second-order valence-corrected chi connectivity index (χ2v) is 18.8. The highest BCUT2D eigenvalue weighted by Gasteiger charge is 2.19. The zero-order chi connectivity index (χ0) is 55.7. The van der Waals surface area contributed by atoms with E-state index in [-0.39, 0.29) is 44.0 Å². The Bertz CT molecular complexity index is 1880. The van der Waals surface area contributed by atoms with Crippen LogP contribution in [-0.2, 0) is 28.6 Å². The van der Waals surface area contributed by atoms with Crippen LogP contribution in [0.25, 0.3) is 0 Å². The fourth-order valence-electron chi connectivity index (χ4n) is 7.23. The number of carbonyl (C=O) groups is 3. The maximum absolute atomic E-state index is 12.9. The molecule has 0 rings (SSSR count). The lowest BCUT2D eigenvalue weighted by Gasteiger charge is -2.18. The van der Waals surface area contributed by atoms with E-state index in [1.165, 1.54) is 0 Å². The summed E-state index contributed by atoms with van der Waals surface area (Å²) in [7, 11) is 0. The van der Waals surface area contributed by atoms with Gasteiger partial charge in [0.25, 0.3) is 0 Å². The van der Waals surface area contributed by atoms with Gasteiger partial charge in [0.05, 0.1) is 0 Å². The van der Waals surface area contributed by atoms with Crippen molar-refractivity contribution in [1.29, 1.82) is 0 Å². The maximum Gasteiger partial charge on any atom is 0.306 e. The second kappa shape index (κ2) is 62.8. The molecule has 0 aromatic carbocycles. The molecule has 0 aromatic rings. The van der Waals surface area contributed by atoms with Gasteiger partial charge in [0.2, 0.25) is 0 Å². The summed E-state index contributed by atoms with van der Waals surface area (Å²) >= 11 is 0. The largest absolute Gasteiger partial charge is 0.462 e. The summed E-state index contributed by atoms with van der Waals surface area (Å²) in [5.41, 5.74) is 0. The lowest BCUT2D eigenvalue weighted by Crippen LogP contribution is -2.30. The number of unbranched alkanes of at least 4 members (excludes halogenated alkanes) is 8. The van der Waals surface area contributed by atoms with E-state index in [0.717, 1.165) is 167 Å².